The maximum absolute atomic E-state index is 11.1. The van der Waals surface area contributed by atoms with Crippen molar-refractivity contribution in [3.63, 3.8) is 0 Å². The summed E-state index contributed by atoms with van der Waals surface area (Å²) >= 11 is 0. The molecular weight excluding hydrogens is 1120 g/mol. The summed E-state index contributed by atoms with van der Waals surface area (Å²) in [7, 11) is 0. The number of pyridine rings is 7. The Morgan fingerprint density at radius 3 is 1.41 bits per heavy atom. The summed E-state index contributed by atoms with van der Waals surface area (Å²) in [6.07, 6.45) is 27.1. The van der Waals surface area contributed by atoms with Crippen molar-refractivity contribution in [2.24, 2.45) is 0 Å². The third kappa shape index (κ3) is 15.7. The minimum absolute atomic E-state index is 0.0232. The molecule has 16 aromatic rings. The Kier molecular flexibility index (Phi) is 20.0. The largest absolute Gasteiger partial charge is 0.352 e. The molecule has 0 aliphatic rings. The van der Waals surface area contributed by atoms with Crippen LogP contribution in [0.5, 0.6) is 0 Å². The summed E-state index contributed by atoms with van der Waals surface area (Å²) in [5, 5.41) is 7.71. The Balaban J connectivity index is 0.000000120. The predicted molar refractivity (Wildman–Crippen MR) is 329 cm³/mol. The molecular formula is C63H47N17O8. The van der Waals surface area contributed by atoms with Crippen LogP contribution in [-0.2, 0) is 0 Å². The number of hydrogen-bond donors (Lipinski definition) is 0. The second-order valence-corrected chi connectivity index (χ2v) is 17.7. The van der Waals surface area contributed by atoms with Gasteiger partial charge in [-0.15, -0.1) is 0 Å². The highest BCUT2D eigenvalue weighted by Gasteiger charge is 1.97. The third-order valence-electron chi connectivity index (χ3n) is 12.0. The molecule has 0 spiro atoms. The molecule has 0 aliphatic heterocycles. The van der Waals surface area contributed by atoms with Gasteiger partial charge >= 0.3 is 5.69 Å². The fourth-order valence-corrected chi connectivity index (χ4v) is 7.86. The molecule has 16 aromatic heterocycles. The first-order valence-electron chi connectivity index (χ1n) is 26.3. The van der Waals surface area contributed by atoms with Crippen molar-refractivity contribution < 1.29 is 0 Å². The lowest BCUT2D eigenvalue weighted by Gasteiger charge is -1.95. The molecule has 16 heterocycles. The van der Waals surface area contributed by atoms with Crippen molar-refractivity contribution in [1.29, 1.82) is 0 Å². The number of nitrogens with zero attached hydrogens (tertiary/aromatic N) is 17. The summed E-state index contributed by atoms with van der Waals surface area (Å²) in [6, 6.07) is 52.0. The van der Waals surface area contributed by atoms with E-state index in [2.05, 4.69) is 45.1 Å². The van der Waals surface area contributed by atoms with Crippen molar-refractivity contribution in [2.75, 3.05) is 0 Å². The molecule has 0 aromatic carbocycles. The molecule has 0 radical (unpaired) electrons. The maximum atomic E-state index is 11.1. The van der Waals surface area contributed by atoms with E-state index < -0.39 is 0 Å². The Morgan fingerprint density at radius 2 is 0.705 bits per heavy atom. The van der Waals surface area contributed by atoms with Crippen LogP contribution in [0.4, 0.5) is 0 Å². The van der Waals surface area contributed by atoms with Crippen LogP contribution in [0.3, 0.4) is 0 Å². The van der Waals surface area contributed by atoms with Crippen LogP contribution in [0.2, 0.25) is 0 Å². The van der Waals surface area contributed by atoms with Crippen LogP contribution >= 0.6 is 0 Å². The highest BCUT2D eigenvalue weighted by Crippen LogP contribution is 2.00. The zero-order chi connectivity index (χ0) is 61.5. The molecule has 0 unspecified atom stereocenters. The smallest absolute Gasteiger partial charge is 0.281 e. The van der Waals surface area contributed by atoms with Gasteiger partial charge in [-0.3, -0.25) is 69.9 Å². The van der Waals surface area contributed by atoms with E-state index in [1.165, 1.54) is 94.1 Å². The van der Waals surface area contributed by atoms with Gasteiger partial charge in [-0.05, 0) is 103 Å². The maximum Gasteiger partial charge on any atom is 0.352 e. The average Bonchev–Trinajstić information content (AvgIpc) is 3.76. The molecule has 0 amide bonds. The summed E-state index contributed by atoms with van der Waals surface area (Å²) in [5.74, 6) is 0. The van der Waals surface area contributed by atoms with Gasteiger partial charge in [-0.25, -0.2) is 29.7 Å². The number of fused-ring (bicyclic) bond motifs is 8. The summed E-state index contributed by atoms with van der Waals surface area (Å²) in [6.45, 7) is 0. The highest BCUT2D eigenvalue weighted by atomic mass is 16.2. The molecule has 16 rings (SSSR count). The van der Waals surface area contributed by atoms with Gasteiger partial charge in [0.2, 0.25) is 0 Å². The molecule has 0 aliphatic carbocycles. The van der Waals surface area contributed by atoms with Gasteiger partial charge in [0, 0.05) is 117 Å². The van der Waals surface area contributed by atoms with Crippen LogP contribution in [0.1, 0.15) is 0 Å². The standard InChI is InChI=1S/7C8H6N2O.C7H5N3O/c11-8-5-1-3-7-4-2-6-9-10(7)8;11-8-4-1-3-7-9-5-2-6-10(7)8;11-8-3-1-2-7-6-9-4-5-10(7)8;11-8-3-1-2-7-4-5-9-6-10(7)8;11-8-4-5-9-7-3-1-2-6-10(7)8;11-8-9-5-4-7-3-1-2-6-10(7)8;11-8-6-9-5-7-3-1-2-4-10(7)8;11-7-3-5-8-6-2-1-4-9-10(6)7/h7*1-6H;1-5H. The van der Waals surface area contributed by atoms with Crippen LogP contribution < -0.4 is 44.6 Å². The fraction of sp³-hybridized carbons (Fsp3) is 0. The third-order valence-corrected chi connectivity index (χ3v) is 12.0. The van der Waals surface area contributed by atoms with E-state index in [1.807, 2.05) is 60.7 Å². The summed E-state index contributed by atoms with van der Waals surface area (Å²) < 4.78 is 11.7. The topological polar surface area (TPSA) is 288 Å². The highest BCUT2D eigenvalue weighted by molar-refractivity contribution is 5.47. The van der Waals surface area contributed by atoms with E-state index in [1.54, 1.807) is 168 Å². The first-order valence-corrected chi connectivity index (χ1v) is 26.3. The van der Waals surface area contributed by atoms with Crippen LogP contribution in [0.15, 0.2) is 326 Å². The SMILES string of the molecule is O=c1cccc2cccnn12.O=c1cccc2ccncn12.O=c1cccc2cnccn12.O=c1cccc2ncccn12.O=c1ccnc2ccccn12.O=c1ccnc2cccnn12.O=c1cncc2ccccn12.O=c1nccc2ccccn12. The van der Waals surface area contributed by atoms with Crippen molar-refractivity contribution in [2.45, 2.75) is 0 Å². The Hall–Kier alpha value is -13.2. The molecule has 432 valence electrons. The van der Waals surface area contributed by atoms with Crippen molar-refractivity contribution in [3.05, 3.63) is 370 Å². The summed E-state index contributed by atoms with van der Waals surface area (Å²) in [5.41, 5.74) is 5.39. The molecule has 0 bridgehead atoms. The first kappa shape index (κ1) is 59.4. The van der Waals surface area contributed by atoms with E-state index in [0.717, 1.165) is 27.6 Å². The lowest BCUT2D eigenvalue weighted by atomic mass is 10.4. The molecule has 25 nitrogen and oxygen atoms in total. The van der Waals surface area contributed by atoms with Gasteiger partial charge in [0.15, 0.2) is 5.65 Å². The molecule has 25 heteroatoms. The first-order chi connectivity index (χ1) is 43.0. The van der Waals surface area contributed by atoms with Crippen LogP contribution in [-0.4, -0.2) is 80.5 Å². The van der Waals surface area contributed by atoms with Gasteiger partial charge in [-0.1, -0.05) is 42.5 Å². The Bertz CT molecular complexity index is 4450. The van der Waals surface area contributed by atoms with E-state index in [0.29, 0.717) is 16.9 Å². The van der Waals surface area contributed by atoms with Gasteiger partial charge in [0.05, 0.1) is 46.2 Å². The minimum Gasteiger partial charge on any atom is -0.281 e. The van der Waals surface area contributed by atoms with Crippen molar-refractivity contribution >= 4 is 44.5 Å². The van der Waals surface area contributed by atoms with Crippen LogP contribution in [0, 0.1) is 0 Å². The monoisotopic (exact) mass is 1170 g/mol. The van der Waals surface area contributed by atoms with E-state index in [4.69, 9.17) is 0 Å². The molecule has 0 fully saturated rings. The number of aromatic nitrogens is 17. The second-order valence-electron chi connectivity index (χ2n) is 17.7. The molecule has 0 atom stereocenters. The Morgan fingerprint density at radius 1 is 0.239 bits per heavy atom. The zero-order valence-corrected chi connectivity index (χ0v) is 46.0. The number of rotatable bonds is 0. The molecule has 88 heavy (non-hydrogen) atoms. The van der Waals surface area contributed by atoms with Gasteiger partial charge in [0.1, 0.15) is 17.6 Å². The van der Waals surface area contributed by atoms with E-state index in [9.17, 15) is 38.4 Å². The minimum atomic E-state index is -0.233. The average molecular weight is 1170 g/mol. The van der Waals surface area contributed by atoms with E-state index in [-0.39, 0.29) is 44.6 Å². The van der Waals surface area contributed by atoms with Crippen molar-refractivity contribution in [3.8, 4) is 0 Å². The fourth-order valence-electron chi connectivity index (χ4n) is 7.86. The summed E-state index contributed by atoms with van der Waals surface area (Å²) in [4.78, 5) is 116. The van der Waals surface area contributed by atoms with Gasteiger partial charge < -0.3 is 0 Å². The van der Waals surface area contributed by atoms with Crippen molar-refractivity contribution in [1.82, 2.24) is 80.5 Å². The number of hydrogen-bond acceptors (Lipinski definition) is 17. The lowest BCUT2D eigenvalue weighted by molar-refractivity contribution is 0.866. The molecule has 0 saturated carbocycles. The zero-order valence-electron chi connectivity index (χ0n) is 46.0. The molecule has 0 saturated heterocycles. The van der Waals surface area contributed by atoms with Gasteiger partial charge in [0.25, 0.3) is 38.9 Å². The second kappa shape index (κ2) is 29.7. The predicted octanol–water partition coefficient (Wildman–Crippen LogP) is 4.95. The van der Waals surface area contributed by atoms with Gasteiger partial charge in [-0.2, -0.15) is 19.2 Å². The van der Waals surface area contributed by atoms with Crippen LogP contribution in [0.25, 0.3) is 44.5 Å². The lowest BCUT2D eigenvalue weighted by Crippen LogP contribution is -2.14. The van der Waals surface area contributed by atoms with E-state index >= 15 is 0 Å². The Labute approximate surface area is 493 Å². The quantitative estimate of drug-likeness (QED) is 0.194. The molecule has 0 N–H and O–H groups in total. The normalized spacial score (nSPS) is 10.2.